The molecule has 0 aromatic heterocycles. The summed E-state index contributed by atoms with van der Waals surface area (Å²) in [5, 5.41) is 22.2. The van der Waals surface area contributed by atoms with Gasteiger partial charge in [-0.3, -0.25) is 9.69 Å². The van der Waals surface area contributed by atoms with Crippen molar-refractivity contribution in [1.82, 2.24) is 4.90 Å². The zero-order valence-electron chi connectivity index (χ0n) is 13.9. The third-order valence-corrected chi connectivity index (χ3v) is 7.17. The fourth-order valence-electron chi connectivity index (χ4n) is 5.86. The molecule has 0 unspecified atom stereocenters. The molecule has 1 saturated carbocycles. The zero-order valence-corrected chi connectivity index (χ0v) is 13.9. The predicted molar refractivity (Wildman–Crippen MR) is 89.7 cm³/mol. The molecule has 5 nitrogen and oxygen atoms in total. The van der Waals surface area contributed by atoms with E-state index in [4.69, 9.17) is 4.74 Å². The lowest BCUT2D eigenvalue weighted by Crippen LogP contribution is -2.75. The van der Waals surface area contributed by atoms with E-state index >= 15 is 0 Å². The summed E-state index contributed by atoms with van der Waals surface area (Å²) in [5.41, 5.74) is 0.101. The number of carbonyl (C=O) groups is 1. The van der Waals surface area contributed by atoms with Crippen LogP contribution < -0.4 is 4.74 Å². The summed E-state index contributed by atoms with van der Waals surface area (Å²) < 4.78 is 5.99. The van der Waals surface area contributed by atoms with Crippen LogP contribution in [0.1, 0.15) is 30.4 Å². The van der Waals surface area contributed by atoms with Gasteiger partial charge >= 0.3 is 0 Å². The maximum Gasteiger partial charge on any atom is 0.196 e. The van der Waals surface area contributed by atoms with Gasteiger partial charge in [-0.05, 0) is 61.9 Å². The number of likely N-dealkylation sites (tertiary alicyclic amines) is 1. The first-order valence-corrected chi connectivity index (χ1v) is 9.26. The van der Waals surface area contributed by atoms with Crippen LogP contribution in [-0.2, 0) is 16.6 Å². The maximum absolute atomic E-state index is 12.6. The number of aliphatic hydroxyl groups is 1. The molecule has 1 aromatic rings. The minimum Gasteiger partial charge on any atom is -0.504 e. The van der Waals surface area contributed by atoms with Crippen LogP contribution in [-0.4, -0.2) is 51.7 Å². The zero-order chi connectivity index (χ0) is 17.0. The Morgan fingerprint density at radius 2 is 2.16 bits per heavy atom. The molecule has 2 aliphatic heterocycles. The second-order valence-electron chi connectivity index (χ2n) is 8.39. The first kappa shape index (κ1) is 14.3. The quantitative estimate of drug-likeness (QED) is 0.850. The summed E-state index contributed by atoms with van der Waals surface area (Å²) in [5.74, 6) is 1.12. The molecule has 2 heterocycles. The van der Waals surface area contributed by atoms with Gasteiger partial charge in [0.25, 0.3) is 0 Å². The fourth-order valence-corrected chi connectivity index (χ4v) is 5.86. The molecule has 6 rings (SSSR count). The Labute approximate surface area is 145 Å². The highest BCUT2D eigenvalue weighted by atomic mass is 16.5. The van der Waals surface area contributed by atoms with Crippen LogP contribution >= 0.6 is 0 Å². The average Bonchev–Trinajstić information content (AvgIpc) is 3.32. The molecule has 5 aliphatic rings. The largest absolute Gasteiger partial charge is 0.504 e. The van der Waals surface area contributed by atoms with E-state index in [0.717, 1.165) is 36.6 Å². The van der Waals surface area contributed by atoms with Crippen LogP contribution in [0.25, 0.3) is 0 Å². The van der Waals surface area contributed by atoms with Gasteiger partial charge < -0.3 is 14.9 Å². The SMILES string of the molecule is O=C1C=C[C@@]2(O)[C@H]3Cc4ccc(O)c5c4[C@@]2(CCN3CC2CC2)[C@H]1O5. The van der Waals surface area contributed by atoms with Crippen LogP contribution in [0.2, 0.25) is 0 Å². The van der Waals surface area contributed by atoms with Gasteiger partial charge in [-0.15, -0.1) is 0 Å². The number of phenols is 1. The highest BCUT2D eigenvalue weighted by Gasteiger charge is 2.72. The van der Waals surface area contributed by atoms with Gasteiger partial charge in [0, 0.05) is 18.2 Å². The summed E-state index contributed by atoms with van der Waals surface area (Å²) in [6.07, 6.45) is 6.45. The van der Waals surface area contributed by atoms with Crippen LogP contribution in [0.3, 0.4) is 0 Å². The van der Waals surface area contributed by atoms with Gasteiger partial charge in [-0.25, -0.2) is 0 Å². The summed E-state index contributed by atoms with van der Waals surface area (Å²) in [6, 6.07) is 3.56. The van der Waals surface area contributed by atoms with Gasteiger partial charge in [0.15, 0.2) is 23.4 Å². The van der Waals surface area contributed by atoms with E-state index in [1.54, 1.807) is 12.1 Å². The van der Waals surface area contributed by atoms with Crippen molar-refractivity contribution >= 4 is 5.78 Å². The van der Waals surface area contributed by atoms with Gasteiger partial charge in [0.2, 0.25) is 0 Å². The van der Waals surface area contributed by atoms with E-state index < -0.39 is 17.1 Å². The minimum absolute atomic E-state index is 0.0414. The molecule has 2 bridgehead atoms. The second kappa shape index (κ2) is 4.27. The molecule has 3 aliphatic carbocycles. The van der Waals surface area contributed by atoms with Crippen LogP contribution in [0.4, 0.5) is 0 Å². The molecule has 25 heavy (non-hydrogen) atoms. The van der Waals surface area contributed by atoms with Crippen LogP contribution in [0.15, 0.2) is 24.3 Å². The topological polar surface area (TPSA) is 70.0 Å². The number of benzene rings is 1. The normalized spacial score (nSPS) is 40.8. The third-order valence-electron chi connectivity index (χ3n) is 7.17. The highest BCUT2D eigenvalue weighted by molar-refractivity contribution is 5.99. The highest BCUT2D eigenvalue weighted by Crippen LogP contribution is 2.63. The van der Waals surface area contributed by atoms with E-state index in [-0.39, 0.29) is 17.6 Å². The Kier molecular flexibility index (Phi) is 2.45. The maximum atomic E-state index is 12.6. The van der Waals surface area contributed by atoms with Crippen LogP contribution in [0.5, 0.6) is 11.5 Å². The lowest BCUT2D eigenvalue weighted by atomic mass is 9.51. The Morgan fingerprint density at radius 3 is 2.96 bits per heavy atom. The monoisotopic (exact) mass is 339 g/mol. The molecular formula is C20H21NO4. The van der Waals surface area contributed by atoms with E-state index in [1.165, 1.54) is 18.9 Å². The summed E-state index contributed by atoms with van der Waals surface area (Å²) >= 11 is 0. The first-order chi connectivity index (χ1) is 12.0. The molecule has 0 amide bonds. The second-order valence-corrected chi connectivity index (χ2v) is 8.39. The number of hydrogen-bond acceptors (Lipinski definition) is 5. The molecule has 4 atom stereocenters. The van der Waals surface area contributed by atoms with Crippen molar-refractivity contribution in [3.63, 3.8) is 0 Å². The first-order valence-electron chi connectivity index (χ1n) is 9.26. The third kappa shape index (κ3) is 1.51. The van der Waals surface area contributed by atoms with Gasteiger partial charge in [0.1, 0.15) is 5.60 Å². The number of aromatic hydroxyl groups is 1. The lowest BCUT2D eigenvalue weighted by Gasteiger charge is -2.60. The Bertz CT molecular complexity index is 844. The summed E-state index contributed by atoms with van der Waals surface area (Å²) in [6.45, 7) is 1.88. The molecule has 5 heteroatoms. The fraction of sp³-hybridized carbons (Fsp3) is 0.550. The molecule has 0 radical (unpaired) electrons. The summed E-state index contributed by atoms with van der Waals surface area (Å²) in [4.78, 5) is 15.0. The van der Waals surface area contributed by atoms with Gasteiger partial charge in [0.05, 0.1) is 5.41 Å². The van der Waals surface area contributed by atoms with Gasteiger partial charge in [-0.2, -0.15) is 0 Å². The number of nitrogens with zero attached hydrogens (tertiary/aromatic N) is 1. The number of ether oxygens (including phenoxy) is 1. The molecule has 2 fully saturated rings. The Morgan fingerprint density at radius 1 is 1.32 bits per heavy atom. The molecule has 1 saturated heterocycles. The smallest absolute Gasteiger partial charge is 0.196 e. The van der Waals surface area contributed by atoms with Crippen LogP contribution in [0, 0.1) is 5.92 Å². The van der Waals surface area contributed by atoms with Crippen molar-refractivity contribution in [2.45, 2.75) is 48.8 Å². The summed E-state index contributed by atoms with van der Waals surface area (Å²) in [7, 11) is 0. The van der Waals surface area contributed by atoms with E-state index in [2.05, 4.69) is 4.90 Å². The molecule has 1 spiro atoms. The van der Waals surface area contributed by atoms with Crippen molar-refractivity contribution in [3.8, 4) is 11.5 Å². The molecule has 130 valence electrons. The number of ketones is 1. The number of carbonyl (C=O) groups excluding carboxylic acids is 1. The number of phenolic OH excluding ortho intramolecular Hbond substituents is 1. The number of rotatable bonds is 2. The van der Waals surface area contributed by atoms with Crippen molar-refractivity contribution in [1.29, 1.82) is 0 Å². The van der Waals surface area contributed by atoms with Crippen molar-refractivity contribution < 1.29 is 19.7 Å². The number of piperidine rings is 1. The lowest BCUT2D eigenvalue weighted by molar-refractivity contribution is -0.155. The van der Waals surface area contributed by atoms with E-state index in [9.17, 15) is 15.0 Å². The predicted octanol–water partition coefficient (Wildman–Crippen LogP) is 1.30. The van der Waals surface area contributed by atoms with Crippen molar-refractivity contribution in [2.24, 2.45) is 5.92 Å². The van der Waals surface area contributed by atoms with Gasteiger partial charge in [-0.1, -0.05) is 6.07 Å². The molecular weight excluding hydrogens is 318 g/mol. The Balaban J connectivity index is 1.60. The van der Waals surface area contributed by atoms with Crippen molar-refractivity contribution in [2.75, 3.05) is 13.1 Å². The van der Waals surface area contributed by atoms with E-state index in [1.807, 2.05) is 6.07 Å². The minimum atomic E-state index is -1.12. The molecule has 1 aromatic carbocycles. The molecule has 2 N–H and O–H groups in total. The van der Waals surface area contributed by atoms with Crippen molar-refractivity contribution in [3.05, 3.63) is 35.4 Å². The Hall–Kier alpha value is -1.85. The standard InChI is InChI=1S/C20H21NO4/c22-13-4-3-12-9-15-20(24)6-5-14(23)18-19(20,16(12)17(13)25-18)7-8-21(15)10-11-1-2-11/h3-6,11,15,18,22,24H,1-2,7-10H2/t15-,18+,19+,20-/m1/s1. The average molecular weight is 339 g/mol. The number of hydrogen-bond donors (Lipinski definition) is 2. The van der Waals surface area contributed by atoms with E-state index in [0.29, 0.717) is 12.2 Å².